The molecule has 0 radical (unpaired) electrons. The summed E-state index contributed by atoms with van der Waals surface area (Å²) in [5.41, 5.74) is 2.75. The Kier molecular flexibility index (Phi) is 5.26. The molecule has 2 aromatic rings. The molecule has 0 unspecified atom stereocenters. The summed E-state index contributed by atoms with van der Waals surface area (Å²) in [7, 11) is -2.21. The summed E-state index contributed by atoms with van der Waals surface area (Å²) in [4.78, 5) is 10.8. The van der Waals surface area contributed by atoms with Gasteiger partial charge in [-0.15, -0.1) is 0 Å². The zero-order valence-electron chi connectivity index (χ0n) is 13.7. The number of carbonyl (C=O) groups is 1. The van der Waals surface area contributed by atoms with Crippen molar-refractivity contribution in [3.63, 3.8) is 0 Å². The maximum Gasteiger partial charge on any atom is 0.335 e. The van der Waals surface area contributed by atoms with Crippen molar-refractivity contribution in [3.05, 3.63) is 58.7 Å². The normalized spacial score (nSPS) is 11.3. The first-order chi connectivity index (χ1) is 11.2. The number of hydrogen-bond acceptors (Lipinski definition) is 4. The summed E-state index contributed by atoms with van der Waals surface area (Å²) in [5.74, 6) is -0.483. The molecule has 0 aliphatic heterocycles. The van der Waals surface area contributed by atoms with E-state index in [2.05, 4.69) is 4.72 Å². The Bertz CT molecular complexity index is 857. The summed E-state index contributed by atoms with van der Waals surface area (Å²) in [6.45, 7) is 3.91. The summed E-state index contributed by atoms with van der Waals surface area (Å²) < 4.78 is 32.6. The molecular weight excluding hydrogens is 330 g/mol. The second-order valence-electron chi connectivity index (χ2n) is 5.42. The predicted octanol–water partition coefficient (Wildman–Crippen LogP) is 2.49. The first kappa shape index (κ1) is 18.0. The van der Waals surface area contributed by atoms with Gasteiger partial charge in [-0.1, -0.05) is 6.07 Å². The Balaban J connectivity index is 2.23. The number of ether oxygens (including phenoxy) is 1. The minimum atomic E-state index is -3.75. The molecule has 0 fully saturated rings. The van der Waals surface area contributed by atoms with E-state index in [0.717, 1.165) is 16.7 Å². The van der Waals surface area contributed by atoms with Gasteiger partial charge in [0.25, 0.3) is 0 Å². The van der Waals surface area contributed by atoms with Crippen LogP contribution in [0.25, 0.3) is 0 Å². The molecule has 0 aliphatic rings. The Morgan fingerprint density at radius 3 is 2.33 bits per heavy atom. The van der Waals surface area contributed by atoms with Crippen molar-refractivity contribution < 1.29 is 23.1 Å². The molecule has 2 aromatic carbocycles. The van der Waals surface area contributed by atoms with Crippen LogP contribution in [0.2, 0.25) is 0 Å². The van der Waals surface area contributed by atoms with E-state index < -0.39 is 16.0 Å². The van der Waals surface area contributed by atoms with E-state index in [4.69, 9.17) is 9.84 Å². The average Bonchev–Trinajstić information content (AvgIpc) is 2.53. The minimum Gasteiger partial charge on any atom is -0.496 e. The molecule has 0 aliphatic carbocycles. The molecule has 2 rings (SSSR count). The topological polar surface area (TPSA) is 92.7 Å². The number of rotatable bonds is 6. The molecule has 0 saturated heterocycles. The summed E-state index contributed by atoms with van der Waals surface area (Å²) in [5, 5.41) is 8.86. The lowest BCUT2D eigenvalue weighted by Gasteiger charge is -2.14. The first-order valence-corrected chi connectivity index (χ1v) is 8.70. The number of sulfonamides is 1. The van der Waals surface area contributed by atoms with Crippen LogP contribution in [-0.2, 0) is 16.6 Å². The van der Waals surface area contributed by atoms with Crippen LogP contribution in [0.4, 0.5) is 0 Å². The molecule has 0 saturated carbocycles. The Labute approximate surface area is 141 Å². The van der Waals surface area contributed by atoms with Gasteiger partial charge in [-0.3, -0.25) is 0 Å². The van der Waals surface area contributed by atoms with E-state index in [1.165, 1.54) is 31.4 Å². The Morgan fingerprint density at radius 2 is 1.79 bits per heavy atom. The molecule has 128 valence electrons. The highest BCUT2D eigenvalue weighted by Crippen LogP contribution is 2.24. The van der Waals surface area contributed by atoms with Gasteiger partial charge in [0.15, 0.2) is 0 Å². The highest BCUT2D eigenvalue weighted by atomic mass is 32.2. The fourth-order valence-electron chi connectivity index (χ4n) is 2.39. The molecule has 0 spiro atoms. The van der Waals surface area contributed by atoms with Gasteiger partial charge < -0.3 is 9.84 Å². The number of carboxylic acid groups (broad SMARTS) is 1. The highest BCUT2D eigenvalue weighted by molar-refractivity contribution is 7.89. The fourth-order valence-corrected chi connectivity index (χ4v) is 3.39. The number of nitrogens with one attached hydrogen (secondary N) is 1. The number of methoxy groups -OCH3 is 1. The van der Waals surface area contributed by atoms with Crippen LogP contribution in [0.15, 0.2) is 41.3 Å². The van der Waals surface area contributed by atoms with Crippen LogP contribution in [0.1, 0.15) is 27.0 Å². The lowest BCUT2D eigenvalue weighted by molar-refractivity contribution is 0.0696. The number of hydrogen-bond donors (Lipinski definition) is 2. The van der Waals surface area contributed by atoms with Gasteiger partial charge in [-0.05, 0) is 55.3 Å². The third kappa shape index (κ3) is 3.93. The van der Waals surface area contributed by atoms with E-state index in [1.807, 2.05) is 26.0 Å². The molecule has 0 heterocycles. The molecule has 2 N–H and O–H groups in total. The molecule has 0 bridgehead atoms. The second-order valence-corrected chi connectivity index (χ2v) is 7.18. The smallest absolute Gasteiger partial charge is 0.335 e. The van der Waals surface area contributed by atoms with Gasteiger partial charge in [0.1, 0.15) is 5.75 Å². The van der Waals surface area contributed by atoms with E-state index in [0.29, 0.717) is 5.75 Å². The monoisotopic (exact) mass is 349 g/mol. The first-order valence-electron chi connectivity index (χ1n) is 7.21. The number of aromatic carboxylic acids is 1. The molecule has 0 atom stereocenters. The van der Waals surface area contributed by atoms with Gasteiger partial charge in [-0.25, -0.2) is 17.9 Å². The Morgan fingerprint density at radius 1 is 1.17 bits per heavy atom. The summed E-state index contributed by atoms with van der Waals surface area (Å²) >= 11 is 0. The molecule has 24 heavy (non-hydrogen) atoms. The van der Waals surface area contributed by atoms with E-state index in [1.54, 1.807) is 0 Å². The molecule has 0 aromatic heterocycles. The maximum atomic E-state index is 12.4. The predicted molar refractivity (Wildman–Crippen MR) is 89.9 cm³/mol. The minimum absolute atomic E-state index is 0.0104. The zero-order valence-corrected chi connectivity index (χ0v) is 14.5. The van der Waals surface area contributed by atoms with E-state index >= 15 is 0 Å². The van der Waals surface area contributed by atoms with Crippen LogP contribution >= 0.6 is 0 Å². The zero-order chi connectivity index (χ0) is 17.9. The van der Waals surface area contributed by atoms with Crippen LogP contribution in [0, 0.1) is 13.8 Å². The molecule has 7 heteroatoms. The standard InChI is InChI=1S/C17H19NO5S/c1-11-8-12(2)15(16(9-11)23-3)10-18-24(21,22)14-6-4-13(5-7-14)17(19)20/h4-9,18H,10H2,1-3H3,(H,19,20). The fraction of sp³-hybridized carbons (Fsp3) is 0.235. The third-order valence-corrected chi connectivity index (χ3v) is 5.06. The molecule has 6 nitrogen and oxygen atoms in total. The van der Waals surface area contributed by atoms with Crippen LogP contribution in [0.3, 0.4) is 0 Å². The molecular formula is C17H19NO5S. The van der Waals surface area contributed by atoms with Crippen LogP contribution in [0.5, 0.6) is 5.75 Å². The highest BCUT2D eigenvalue weighted by Gasteiger charge is 2.17. The quantitative estimate of drug-likeness (QED) is 0.836. The van der Waals surface area contributed by atoms with Gasteiger partial charge in [0.05, 0.1) is 17.6 Å². The van der Waals surface area contributed by atoms with Crippen molar-refractivity contribution in [2.45, 2.75) is 25.3 Å². The maximum absolute atomic E-state index is 12.4. The van der Waals surface area contributed by atoms with Crippen molar-refractivity contribution in [2.24, 2.45) is 0 Å². The largest absolute Gasteiger partial charge is 0.496 e. The van der Waals surface area contributed by atoms with E-state index in [-0.39, 0.29) is 17.0 Å². The van der Waals surface area contributed by atoms with Gasteiger partial charge in [0.2, 0.25) is 10.0 Å². The third-order valence-electron chi connectivity index (χ3n) is 3.65. The number of benzene rings is 2. The van der Waals surface area contributed by atoms with E-state index in [9.17, 15) is 13.2 Å². The van der Waals surface area contributed by atoms with Gasteiger partial charge >= 0.3 is 5.97 Å². The average molecular weight is 349 g/mol. The second kappa shape index (κ2) is 7.02. The van der Waals surface area contributed by atoms with Crippen molar-refractivity contribution in [2.75, 3.05) is 7.11 Å². The number of carboxylic acids is 1. The van der Waals surface area contributed by atoms with Crippen molar-refractivity contribution in [3.8, 4) is 5.75 Å². The van der Waals surface area contributed by atoms with Crippen LogP contribution in [-0.4, -0.2) is 26.6 Å². The summed E-state index contributed by atoms with van der Waals surface area (Å²) in [6, 6.07) is 8.85. The van der Waals surface area contributed by atoms with Crippen LogP contribution < -0.4 is 9.46 Å². The van der Waals surface area contributed by atoms with Crippen molar-refractivity contribution >= 4 is 16.0 Å². The van der Waals surface area contributed by atoms with Crippen molar-refractivity contribution in [1.29, 1.82) is 0 Å². The van der Waals surface area contributed by atoms with Gasteiger partial charge in [-0.2, -0.15) is 0 Å². The lowest BCUT2D eigenvalue weighted by Crippen LogP contribution is -2.24. The van der Waals surface area contributed by atoms with Gasteiger partial charge in [0, 0.05) is 12.1 Å². The Hall–Kier alpha value is -2.38. The lowest BCUT2D eigenvalue weighted by atomic mass is 10.0. The summed E-state index contributed by atoms with van der Waals surface area (Å²) in [6.07, 6.45) is 0. The molecule has 0 amide bonds. The number of aryl methyl sites for hydroxylation is 2. The SMILES string of the molecule is COc1cc(C)cc(C)c1CNS(=O)(=O)c1ccc(C(=O)O)cc1. The van der Waals surface area contributed by atoms with Crippen molar-refractivity contribution in [1.82, 2.24) is 4.72 Å².